The van der Waals surface area contributed by atoms with Gasteiger partial charge in [0.2, 0.25) is 0 Å². The summed E-state index contributed by atoms with van der Waals surface area (Å²) in [5, 5.41) is 14.4. The molecule has 2 atom stereocenters. The minimum absolute atomic E-state index is 0.0453. The van der Waals surface area contributed by atoms with Crippen LogP contribution >= 0.6 is 11.6 Å². The van der Waals surface area contributed by atoms with Gasteiger partial charge < -0.3 is 20.3 Å². The van der Waals surface area contributed by atoms with Gasteiger partial charge in [-0.1, -0.05) is 17.7 Å². The zero-order valence-corrected chi connectivity index (χ0v) is 13.9. The Labute approximate surface area is 140 Å². The van der Waals surface area contributed by atoms with Crippen LogP contribution in [0.15, 0.2) is 24.4 Å². The maximum absolute atomic E-state index is 12.2. The van der Waals surface area contributed by atoms with Crippen molar-refractivity contribution in [2.24, 2.45) is 5.92 Å². The molecule has 0 saturated carbocycles. The van der Waals surface area contributed by atoms with Crippen molar-refractivity contribution in [3.05, 3.63) is 35.0 Å². The molecule has 0 aliphatic carbocycles. The zero-order chi connectivity index (χ0) is 16.4. The lowest BCUT2D eigenvalue weighted by Gasteiger charge is -2.18. The number of hydrogen-bond acceptors (Lipinski definition) is 2. The van der Waals surface area contributed by atoms with E-state index in [0.717, 1.165) is 23.7 Å². The molecule has 6 heteroatoms. The number of aromatic amines is 1. The number of benzene rings is 1. The predicted molar refractivity (Wildman–Crippen MR) is 91.8 cm³/mol. The fourth-order valence-corrected chi connectivity index (χ4v) is 3.32. The summed E-state index contributed by atoms with van der Waals surface area (Å²) in [5.41, 5.74) is 2.18. The largest absolute Gasteiger partial charge is 0.393 e. The van der Waals surface area contributed by atoms with Crippen molar-refractivity contribution in [1.82, 2.24) is 15.2 Å². The Balaban J connectivity index is 1.52. The number of carbonyl (C=O) groups is 1. The summed E-state index contributed by atoms with van der Waals surface area (Å²) in [6.07, 6.45) is 3.24. The first kappa shape index (κ1) is 16.1. The summed E-state index contributed by atoms with van der Waals surface area (Å²) in [6, 6.07) is 5.73. The van der Waals surface area contributed by atoms with Crippen LogP contribution in [-0.4, -0.2) is 46.8 Å². The summed E-state index contributed by atoms with van der Waals surface area (Å²) in [4.78, 5) is 17.1. The van der Waals surface area contributed by atoms with Crippen LogP contribution in [0, 0.1) is 5.92 Å². The first-order valence-corrected chi connectivity index (χ1v) is 8.39. The van der Waals surface area contributed by atoms with Gasteiger partial charge in [-0.2, -0.15) is 0 Å². The van der Waals surface area contributed by atoms with E-state index in [1.165, 1.54) is 5.56 Å². The monoisotopic (exact) mass is 335 g/mol. The molecule has 1 aliphatic heterocycles. The number of aromatic nitrogens is 1. The first-order chi connectivity index (χ1) is 11.0. The molecule has 1 saturated heterocycles. The molecule has 1 aromatic heterocycles. The van der Waals surface area contributed by atoms with E-state index < -0.39 is 0 Å². The number of halogens is 1. The number of amides is 2. The van der Waals surface area contributed by atoms with Crippen LogP contribution in [0.4, 0.5) is 4.79 Å². The fraction of sp³-hybridized carbons (Fsp3) is 0.471. The fourth-order valence-electron chi connectivity index (χ4n) is 3.15. The van der Waals surface area contributed by atoms with Gasteiger partial charge in [-0.15, -0.1) is 0 Å². The van der Waals surface area contributed by atoms with Crippen LogP contribution in [0.3, 0.4) is 0 Å². The number of urea groups is 1. The van der Waals surface area contributed by atoms with Gasteiger partial charge in [0.05, 0.1) is 6.10 Å². The molecule has 23 heavy (non-hydrogen) atoms. The zero-order valence-electron chi connectivity index (χ0n) is 13.2. The van der Waals surface area contributed by atoms with E-state index in [0.29, 0.717) is 24.7 Å². The molecular weight excluding hydrogens is 314 g/mol. The number of aliphatic hydroxyl groups excluding tert-OH is 1. The van der Waals surface area contributed by atoms with E-state index in [9.17, 15) is 9.90 Å². The molecule has 5 nitrogen and oxygen atoms in total. The standard InChI is InChI=1S/C17H22ClN3O2/c1-11(22)13-5-7-21(10-13)17(23)19-6-4-12-9-20-16-8-14(18)2-3-15(12)16/h2-3,8-9,11,13,20,22H,4-7,10H2,1H3,(H,19,23)/t11-,13+/m0/s1. The van der Waals surface area contributed by atoms with Gasteiger partial charge in [-0.3, -0.25) is 0 Å². The van der Waals surface area contributed by atoms with E-state index in [-0.39, 0.29) is 18.1 Å². The van der Waals surface area contributed by atoms with E-state index >= 15 is 0 Å². The highest BCUT2D eigenvalue weighted by Crippen LogP contribution is 2.22. The van der Waals surface area contributed by atoms with Crippen molar-refractivity contribution in [2.75, 3.05) is 19.6 Å². The van der Waals surface area contributed by atoms with Crippen molar-refractivity contribution >= 4 is 28.5 Å². The quantitative estimate of drug-likeness (QED) is 0.804. The topological polar surface area (TPSA) is 68.4 Å². The Morgan fingerprint density at radius 1 is 1.57 bits per heavy atom. The Kier molecular flexibility index (Phi) is 4.78. The molecule has 1 fully saturated rings. The number of likely N-dealkylation sites (tertiary alicyclic amines) is 1. The molecule has 0 radical (unpaired) electrons. The number of nitrogens with one attached hydrogen (secondary N) is 2. The minimum atomic E-state index is -0.356. The van der Waals surface area contributed by atoms with Crippen LogP contribution in [0.25, 0.3) is 10.9 Å². The van der Waals surface area contributed by atoms with Crippen LogP contribution < -0.4 is 5.32 Å². The van der Waals surface area contributed by atoms with E-state index in [1.54, 1.807) is 11.8 Å². The molecule has 0 bridgehead atoms. The number of hydrogen-bond donors (Lipinski definition) is 3. The highest BCUT2D eigenvalue weighted by molar-refractivity contribution is 6.31. The summed E-state index contributed by atoms with van der Waals surface area (Å²) >= 11 is 5.98. The number of aliphatic hydroxyl groups is 1. The molecule has 3 N–H and O–H groups in total. The van der Waals surface area contributed by atoms with Crippen LogP contribution in [0.5, 0.6) is 0 Å². The Morgan fingerprint density at radius 2 is 2.39 bits per heavy atom. The molecule has 0 spiro atoms. The Morgan fingerprint density at radius 3 is 3.13 bits per heavy atom. The van der Waals surface area contributed by atoms with Gasteiger partial charge in [0, 0.05) is 47.7 Å². The number of fused-ring (bicyclic) bond motifs is 1. The van der Waals surface area contributed by atoms with Gasteiger partial charge in [0.25, 0.3) is 0 Å². The van der Waals surface area contributed by atoms with Crippen LogP contribution in [0.1, 0.15) is 18.9 Å². The Bertz CT molecular complexity index is 698. The van der Waals surface area contributed by atoms with Gasteiger partial charge in [0.1, 0.15) is 0 Å². The van der Waals surface area contributed by atoms with Crippen LogP contribution in [-0.2, 0) is 6.42 Å². The lowest BCUT2D eigenvalue weighted by atomic mass is 10.0. The van der Waals surface area contributed by atoms with E-state index in [2.05, 4.69) is 10.3 Å². The molecule has 3 rings (SSSR count). The summed E-state index contributed by atoms with van der Waals surface area (Å²) in [7, 11) is 0. The van der Waals surface area contributed by atoms with E-state index in [4.69, 9.17) is 11.6 Å². The van der Waals surface area contributed by atoms with Gasteiger partial charge in [-0.25, -0.2) is 4.79 Å². The highest BCUT2D eigenvalue weighted by Gasteiger charge is 2.28. The maximum atomic E-state index is 12.2. The normalized spacial score (nSPS) is 19.3. The molecule has 2 amide bonds. The molecule has 0 unspecified atom stereocenters. The predicted octanol–water partition coefficient (Wildman–Crippen LogP) is 2.78. The number of H-pyrrole nitrogens is 1. The third kappa shape index (κ3) is 3.62. The smallest absolute Gasteiger partial charge is 0.317 e. The van der Waals surface area contributed by atoms with Crippen molar-refractivity contribution in [3.8, 4) is 0 Å². The van der Waals surface area contributed by atoms with Crippen molar-refractivity contribution in [3.63, 3.8) is 0 Å². The molecule has 1 aromatic carbocycles. The average molecular weight is 336 g/mol. The lowest BCUT2D eigenvalue weighted by Crippen LogP contribution is -2.39. The number of carbonyl (C=O) groups excluding carboxylic acids is 1. The molecule has 2 aromatic rings. The van der Waals surface area contributed by atoms with Crippen LogP contribution in [0.2, 0.25) is 5.02 Å². The third-order valence-electron chi connectivity index (χ3n) is 4.59. The van der Waals surface area contributed by atoms with Gasteiger partial charge in [-0.05, 0) is 37.5 Å². The third-order valence-corrected chi connectivity index (χ3v) is 4.83. The molecule has 1 aliphatic rings. The second kappa shape index (κ2) is 6.81. The number of nitrogens with zero attached hydrogens (tertiary/aromatic N) is 1. The number of rotatable bonds is 4. The minimum Gasteiger partial charge on any atom is -0.393 e. The second-order valence-electron chi connectivity index (χ2n) is 6.22. The highest BCUT2D eigenvalue weighted by atomic mass is 35.5. The average Bonchev–Trinajstić information content (AvgIpc) is 3.14. The van der Waals surface area contributed by atoms with Gasteiger partial charge >= 0.3 is 6.03 Å². The Hall–Kier alpha value is -1.72. The maximum Gasteiger partial charge on any atom is 0.317 e. The van der Waals surface area contributed by atoms with Crippen molar-refractivity contribution < 1.29 is 9.90 Å². The summed E-state index contributed by atoms with van der Waals surface area (Å²) in [6.45, 7) is 3.72. The first-order valence-electron chi connectivity index (χ1n) is 8.01. The van der Waals surface area contributed by atoms with Gasteiger partial charge in [0.15, 0.2) is 0 Å². The molecule has 2 heterocycles. The van der Waals surface area contributed by atoms with E-state index in [1.807, 2.05) is 24.4 Å². The lowest BCUT2D eigenvalue weighted by molar-refractivity contribution is 0.129. The summed E-state index contributed by atoms with van der Waals surface area (Å²) < 4.78 is 0. The summed E-state index contributed by atoms with van der Waals surface area (Å²) in [5.74, 6) is 0.194. The SMILES string of the molecule is C[C@H](O)[C@@H]1CCN(C(=O)NCCc2c[nH]c3cc(Cl)ccc23)C1. The molecule has 124 valence electrons. The second-order valence-corrected chi connectivity index (χ2v) is 6.66. The van der Waals surface area contributed by atoms with Crippen molar-refractivity contribution in [2.45, 2.75) is 25.9 Å². The molecular formula is C17H22ClN3O2. The van der Waals surface area contributed by atoms with Crippen molar-refractivity contribution in [1.29, 1.82) is 0 Å².